The molecule has 0 atom stereocenters. The number of rotatable bonds is 6. The summed E-state index contributed by atoms with van der Waals surface area (Å²) < 4.78 is 5.32. The highest BCUT2D eigenvalue weighted by Crippen LogP contribution is 2.16. The largest absolute Gasteiger partial charge is 0.496 e. The van der Waals surface area contributed by atoms with Gasteiger partial charge in [-0.05, 0) is 19.9 Å². The quantitative estimate of drug-likeness (QED) is 0.544. The number of ether oxygens (including phenoxy) is 1. The second kappa shape index (κ2) is 8.26. The fourth-order valence-electron chi connectivity index (χ4n) is 1.97. The minimum absolute atomic E-state index is 0.0137. The Hall–Kier alpha value is -2.24. The third-order valence-electron chi connectivity index (χ3n) is 3.40. The molecule has 0 bridgehead atoms. The molecule has 0 aliphatic rings. The van der Waals surface area contributed by atoms with E-state index in [0.29, 0.717) is 19.0 Å². The summed E-state index contributed by atoms with van der Waals surface area (Å²) >= 11 is 0. The van der Waals surface area contributed by atoms with Crippen molar-refractivity contribution in [3.05, 3.63) is 29.8 Å². The van der Waals surface area contributed by atoms with Gasteiger partial charge in [-0.1, -0.05) is 18.2 Å². The van der Waals surface area contributed by atoms with E-state index >= 15 is 0 Å². The van der Waals surface area contributed by atoms with E-state index in [4.69, 9.17) is 4.74 Å². The average molecular weight is 306 g/mol. The molecule has 122 valence electrons. The number of carbonyl (C=O) groups is 1. The smallest absolute Gasteiger partial charge is 0.227 e. The summed E-state index contributed by atoms with van der Waals surface area (Å²) in [5.74, 6) is 1.46. The summed E-state index contributed by atoms with van der Waals surface area (Å²) in [5, 5.41) is 9.05. The molecule has 0 saturated heterocycles. The van der Waals surface area contributed by atoms with Crippen molar-refractivity contribution in [1.29, 1.82) is 0 Å². The van der Waals surface area contributed by atoms with Gasteiger partial charge in [0.25, 0.3) is 0 Å². The lowest BCUT2D eigenvalue weighted by molar-refractivity contribution is -0.128. The second-order valence-corrected chi connectivity index (χ2v) is 5.55. The molecule has 0 radical (unpaired) electrons. The van der Waals surface area contributed by atoms with E-state index in [1.54, 1.807) is 21.2 Å². The number of hydrogen-bond donors (Lipinski definition) is 3. The summed E-state index contributed by atoms with van der Waals surface area (Å²) in [6.45, 7) is 4.83. The molecule has 0 unspecified atom stereocenters. The number of aliphatic imine (C=N–C) groups is 1. The number of amides is 1. The molecule has 0 aliphatic carbocycles. The predicted octanol–water partition coefficient (Wildman–Crippen LogP) is 1.13. The van der Waals surface area contributed by atoms with Crippen LogP contribution in [-0.4, -0.2) is 39.6 Å². The van der Waals surface area contributed by atoms with Gasteiger partial charge >= 0.3 is 0 Å². The Balaban J connectivity index is 2.58. The molecule has 0 spiro atoms. The molecule has 0 fully saturated rings. The zero-order chi connectivity index (χ0) is 16.6. The second-order valence-electron chi connectivity index (χ2n) is 5.55. The maximum absolute atomic E-state index is 11.8. The first-order chi connectivity index (χ1) is 10.4. The van der Waals surface area contributed by atoms with Crippen LogP contribution in [0.4, 0.5) is 0 Å². The molecule has 3 N–H and O–H groups in total. The van der Waals surface area contributed by atoms with Gasteiger partial charge < -0.3 is 20.7 Å². The van der Waals surface area contributed by atoms with Crippen molar-refractivity contribution in [2.24, 2.45) is 10.4 Å². The zero-order valence-electron chi connectivity index (χ0n) is 14.0. The van der Waals surface area contributed by atoms with Gasteiger partial charge in [0.1, 0.15) is 5.75 Å². The van der Waals surface area contributed by atoms with E-state index in [9.17, 15) is 4.79 Å². The van der Waals surface area contributed by atoms with Gasteiger partial charge in [0, 0.05) is 32.7 Å². The highest BCUT2D eigenvalue weighted by Gasteiger charge is 2.26. The third kappa shape index (κ3) is 4.95. The minimum Gasteiger partial charge on any atom is -0.496 e. The van der Waals surface area contributed by atoms with Crippen molar-refractivity contribution >= 4 is 11.9 Å². The van der Waals surface area contributed by atoms with Gasteiger partial charge in [-0.25, -0.2) is 0 Å². The standard InChI is InChI=1S/C16H26N4O2/c1-16(2,14(21)17-3)11-20-15(18-4)19-10-12-8-6-7-9-13(12)22-5/h6-9H,10-11H2,1-5H3,(H,17,21)(H2,18,19,20). The molecule has 0 aromatic heterocycles. The number of methoxy groups -OCH3 is 1. The number of nitrogens with one attached hydrogen (secondary N) is 3. The lowest BCUT2D eigenvalue weighted by atomic mass is 9.92. The van der Waals surface area contributed by atoms with E-state index in [2.05, 4.69) is 20.9 Å². The lowest BCUT2D eigenvalue weighted by Crippen LogP contribution is -2.47. The van der Waals surface area contributed by atoms with Crippen LogP contribution in [0.25, 0.3) is 0 Å². The summed E-state index contributed by atoms with van der Waals surface area (Å²) in [7, 11) is 4.99. The molecule has 1 aromatic rings. The summed E-state index contributed by atoms with van der Waals surface area (Å²) in [4.78, 5) is 15.9. The molecule has 22 heavy (non-hydrogen) atoms. The Bertz CT molecular complexity index is 527. The van der Waals surface area contributed by atoms with Gasteiger partial charge in [0.15, 0.2) is 5.96 Å². The fraction of sp³-hybridized carbons (Fsp3) is 0.500. The van der Waals surface area contributed by atoms with Crippen LogP contribution in [0.3, 0.4) is 0 Å². The Labute approximate surface area is 132 Å². The topological polar surface area (TPSA) is 74.8 Å². The Kier molecular flexibility index (Phi) is 6.69. The first-order valence-corrected chi connectivity index (χ1v) is 7.23. The van der Waals surface area contributed by atoms with Crippen LogP contribution in [0, 0.1) is 5.41 Å². The van der Waals surface area contributed by atoms with Crippen molar-refractivity contribution in [2.45, 2.75) is 20.4 Å². The number of carbonyl (C=O) groups excluding carboxylic acids is 1. The zero-order valence-corrected chi connectivity index (χ0v) is 14.0. The van der Waals surface area contributed by atoms with Gasteiger partial charge in [-0.2, -0.15) is 0 Å². The molecule has 1 amide bonds. The molecule has 6 nitrogen and oxygen atoms in total. The van der Waals surface area contributed by atoms with E-state index in [-0.39, 0.29) is 5.91 Å². The van der Waals surface area contributed by atoms with Crippen LogP contribution < -0.4 is 20.7 Å². The average Bonchev–Trinajstić information content (AvgIpc) is 2.54. The van der Waals surface area contributed by atoms with Gasteiger partial charge in [0.2, 0.25) is 5.91 Å². The van der Waals surface area contributed by atoms with Gasteiger partial charge in [-0.3, -0.25) is 9.79 Å². The highest BCUT2D eigenvalue weighted by atomic mass is 16.5. The number of para-hydroxylation sites is 1. The molecule has 1 aromatic carbocycles. The van der Waals surface area contributed by atoms with E-state index < -0.39 is 5.41 Å². The van der Waals surface area contributed by atoms with Crippen LogP contribution in [-0.2, 0) is 11.3 Å². The Morgan fingerprint density at radius 2 is 1.95 bits per heavy atom. The van der Waals surface area contributed by atoms with Gasteiger partial charge in [-0.15, -0.1) is 0 Å². The van der Waals surface area contributed by atoms with Gasteiger partial charge in [0.05, 0.1) is 12.5 Å². The normalized spacial score (nSPS) is 11.8. The molecule has 0 aliphatic heterocycles. The maximum Gasteiger partial charge on any atom is 0.227 e. The van der Waals surface area contributed by atoms with Crippen LogP contribution in [0.2, 0.25) is 0 Å². The fourth-order valence-corrected chi connectivity index (χ4v) is 1.97. The SMILES string of the molecule is CN=C(NCc1ccccc1OC)NCC(C)(C)C(=O)NC. The summed E-state index contributed by atoms with van der Waals surface area (Å²) in [6.07, 6.45) is 0. The van der Waals surface area contributed by atoms with Crippen molar-refractivity contribution < 1.29 is 9.53 Å². The number of nitrogens with zero attached hydrogens (tertiary/aromatic N) is 1. The highest BCUT2D eigenvalue weighted by molar-refractivity contribution is 5.84. The van der Waals surface area contributed by atoms with Crippen molar-refractivity contribution in [2.75, 3.05) is 27.7 Å². The molecule has 0 heterocycles. The summed E-state index contributed by atoms with van der Waals surface area (Å²) in [5.41, 5.74) is 0.523. The van der Waals surface area contributed by atoms with E-state index in [1.165, 1.54) is 0 Å². The van der Waals surface area contributed by atoms with Crippen molar-refractivity contribution in [3.8, 4) is 5.75 Å². The first kappa shape index (κ1) is 17.8. The molecule has 6 heteroatoms. The molecular weight excluding hydrogens is 280 g/mol. The van der Waals surface area contributed by atoms with Crippen LogP contribution in [0.1, 0.15) is 19.4 Å². The minimum atomic E-state index is -0.517. The maximum atomic E-state index is 11.8. The van der Waals surface area contributed by atoms with Crippen LogP contribution in [0.15, 0.2) is 29.3 Å². The third-order valence-corrected chi connectivity index (χ3v) is 3.40. The van der Waals surface area contributed by atoms with Crippen LogP contribution >= 0.6 is 0 Å². The summed E-state index contributed by atoms with van der Waals surface area (Å²) in [6, 6.07) is 7.81. The number of hydrogen-bond acceptors (Lipinski definition) is 3. The van der Waals surface area contributed by atoms with E-state index in [1.807, 2.05) is 38.1 Å². The lowest BCUT2D eigenvalue weighted by Gasteiger charge is -2.24. The Morgan fingerprint density at radius 3 is 2.55 bits per heavy atom. The molecular formula is C16H26N4O2. The number of guanidine groups is 1. The number of benzene rings is 1. The monoisotopic (exact) mass is 306 g/mol. The van der Waals surface area contributed by atoms with Crippen molar-refractivity contribution in [1.82, 2.24) is 16.0 Å². The first-order valence-electron chi connectivity index (χ1n) is 7.23. The predicted molar refractivity (Wildman–Crippen MR) is 89.0 cm³/mol. The van der Waals surface area contributed by atoms with Crippen molar-refractivity contribution in [3.63, 3.8) is 0 Å². The van der Waals surface area contributed by atoms with E-state index in [0.717, 1.165) is 11.3 Å². The Morgan fingerprint density at radius 1 is 1.27 bits per heavy atom. The van der Waals surface area contributed by atoms with Crippen LogP contribution in [0.5, 0.6) is 5.75 Å². The molecule has 1 rings (SSSR count). The molecule has 0 saturated carbocycles.